The number of halogens is 1. The third-order valence-corrected chi connectivity index (χ3v) is 4.15. The Morgan fingerprint density at radius 3 is 2.67 bits per heavy atom. The van der Waals surface area contributed by atoms with Crippen molar-refractivity contribution in [2.24, 2.45) is 0 Å². The van der Waals surface area contributed by atoms with Gasteiger partial charge in [0.1, 0.15) is 10.5 Å². The van der Waals surface area contributed by atoms with Gasteiger partial charge in [-0.05, 0) is 19.1 Å². The van der Waals surface area contributed by atoms with Gasteiger partial charge in [0.25, 0.3) is 0 Å². The Morgan fingerprint density at radius 1 is 1.48 bits per heavy atom. The van der Waals surface area contributed by atoms with E-state index in [0.29, 0.717) is 6.42 Å². The van der Waals surface area contributed by atoms with Crippen molar-refractivity contribution in [2.45, 2.75) is 18.2 Å². The number of carbonyl (C=O) groups is 1. The Labute approximate surface area is 128 Å². The zero-order valence-corrected chi connectivity index (χ0v) is 13.0. The van der Waals surface area contributed by atoms with Gasteiger partial charge in [-0.1, -0.05) is 11.6 Å². The zero-order valence-electron chi connectivity index (χ0n) is 11.4. The van der Waals surface area contributed by atoms with Gasteiger partial charge in [-0.3, -0.25) is 0 Å². The van der Waals surface area contributed by atoms with Gasteiger partial charge in [0.2, 0.25) is 10.0 Å². The van der Waals surface area contributed by atoms with Gasteiger partial charge in [-0.15, -0.1) is 11.8 Å². The van der Waals surface area contributed by atoms with Gasteiger partial charge in [0.15, 0.2) is 5.75 Å². The number of carboxylic acid groups (broad SMARTS) is 1. The molecule has 8 heteroatoms. The molecule has 6 nitrogen and oxygen atoms in total. The van der Waals surface area contributed by atoms with E-state index in [-0.39, 0.29) is 27.8 Å². The molecule has 0 aliphatic heterocycles. The maximum absolute atomic E-state index is 12.2. The molecule has 2 N–H and O–H groups in total. The SMILES string of the molecule is CC#CCCNS(=O)(=O)c1cc(Cl)cc(C(=O)O)c1OC. The second-order valence-corrected chi connectivity index (χ2v) is 6.04. The van der Waals surface area contributed by atoms with E-state index >= 15 is 0 Å². The molecule has 1 aromatic rings. The van der Waals surface area contributed by atoms with Crippen LogP contribution < -0.4 is 9.46 Å². The van der Waals surface area contributed by atoms with Crippen LogP contribution in [0, 0.1) is 11.8 Å². The van der Waals surface area contributed by atoms with Gasteiger partial charge in [-0.25, -0.2) is 17.9 Å². The predicted octanol–water partition coefficient (Wildman–Crippen LogP) is 1.74. The minimum atomic E-state index is -3.95. The lowest BCUT2D eigenvalue weighted by Gasteiger charge is -2.13. The van der Waals surface area contributed by atoms with Crippen LogP contribution in [0.3, 0.4) is 0 Å². The molecule has 0 saturated heterocycles. The average Bonchev–Trinajstić information content (AvgIpc) is 2.42. The number of hydrogen-bond donors (Lipinski definition) is 2. The van der Waals surface area contributed by atoms with Crippen molar-refractivity contribution in [1.29, 1.82) is 0 Å². The number of nitrogens with one attached hydrogen (secondary N) is 1. The highest BCUT2D eigenvalue weighted by Gasteiger charge is 2.25. The van der Waals surface area contributed by atoms with Crippen molar-refractivity contribution in [3.8, 4) is 17.6 Å². The Bertz CT molecular complexity index is 703. The van der Waals surface area contributed by atoms with E-state index in [4.69, 9.17) is 21.4 Å². The molecule has 114 valence electrons. The molecule has 0 fully saturated rings. The van der Waals surface area contributed by atoms with Crippen molar-refractivity contribution in [3.63, 3.8) is 0 Å². The molecular weight excluding hydrogens is 318 g/mol. The number of sulfonamides is 1. The largest absolute Gasteiger partial charge is 0.494 e. The number of carboxylic acids is 1. The van der Waals surface area contributed by atoms with Crippen molar-refractivity contribution < 1.29 is 23.1 Å². The number of hydrogen-bond acceptors (Lipinski definition) is 4. The number of aromatic carboxylic acids is 1. The first-order chi connectivity index (χ1) is 9.83. The van der Waals surface area contributed by atoms with E-state index in [1.54, 1.807) is 6.92 Å². The summed E-state index contributed by atoms with van der Waals surface area (Å²) in [5.74, 6) is 3.76. The highest BCUT2D eigenvalue weighted by molar-refractivity contribution is 7.89. The van der Waals surface area contributed by atoms with Crippen LogP contribution in [0.15, 0.2) is 17.0 Å². The summed E-state index contributed by atoms with van der Waals surface area (Å²) in [7, 11) is -2.76. The van der Waals surface area contributed by atoms with Gasteiger partial charge < -0.3 is 9.84 Å². The fraction of sp³-hybridized carbons (Fsp3) is 0.308. The van der Waals surface area contributed by atoms with Crippen LogP contribution in [0.5, 0.6) is 5.75 Å². The lowest BCUT2D eigenvalue weighted by Crippen LogP contribution is -2.25. The first-order valence-electron chi connectivity index (χ1n) is 5.83. The molecule has 0 aromatic heterocycles. The lowest BCUT2D eigenvalue weighted by molar-refractivity contribution is 0.0693. The second kappa shape index (κ2) is 7.31. The summed E-state index contributed by atoms with van der Waals surface area (Å²) in [6.07, 6.45) is 0.338. The molecule has 0 heterocycles. The number of methoxy groups -OCH3 is 1. The van der Waals surface area contributed by atoms with Crippen LogP contribution in [0.25, 0.3) is 0 Å². The van der Waals surface area contributed by atoms with Crippen molar-refractivity contribution in [3.05, 3.63) is 22.7 Å². The average molecular weight is 332 g/mol. The third kappa shape index (κ3) is 4.36. The van der Waals surface area contributed by atoms with Crippen LogP contribution in [0.4, 0.5) is 0 Å². The topological polar surface area (TPSA) is 92.7 Å². The Balaban J connectivity index is 3.27. The van der Waals surface area contributed by atoms with Crippen LogP contribution >= 0.6 is 11.6 Å². The van der Waals surface area contributed by atoms with Crippen molar-refractivity contribution in [2.75, 3.05) is 13.7 Å². The Kier molecular flexibility index (Phi) is 6.03. The van der Waals surface area contributed by atoms with Crippen molar-refractivity contribution >= 4 is 27.6 Å². The van der Waals surface area contributed by atoms with Crippen LogP contribution in [0.1, 0.15) is 23.7 Å². The van der Waals surface area contributed by atoms with E-state index in [0.717, 1.165) is 12.1 Å². The van der Waals surface area contributed by atoms with E-state index in [1.165, 1.54) is 7.11 Å². The highest BCUT2D eigenvalue weighted by Crippen LogP contribution is 2.31. The summed E-state index contributed by atoms with van der Waals surface area (Å²) in [6.45, 7) is 1.74. The predicted molar refractivity (Wildman–Crippen MR) is 78.2 cm³/mol. The first kappa shape index (κ1) is 17.3. The second-order valence-electron chi connectivity index (χ2n) is 3.86. The molecule has 0 radical (unpaired) electrons. The molecule has 21 heavy (non-hydrogen) atoms. The fourth-order valence-electron chi connectivity index (χ4n) is 1.59. The van der Waals surface area contributed by atoms with Gasteiger partial charge in [0, 0.05) is 18.0 Å². The molecule has 0 amide bonds. The summed E-state index contributed by atoms with van der Waals surface area (Å²) >= 11 is 5.78. The minimum absolute atomic E-state index is 0.0121. The number of ether oxygens (including phenoxy) is 1. The van der Waals surface area contributed by atoms with E-state index in [2.05, 4.69) is 16.6 Å². The normalized spacial score (nSPS) is 10.6. The molecule has 1 rings (SSSR count). The molecule has 0 spiro atoms. The van der Waals surface area contributed by atoms with Crippen LogP contribution in [-0.2, 0) is 10.0 Å². The number of benzene rings is 1. The maximum atomic E-state index is 12.2. The summed E-state index contributed by atoms with van der Waals surface area (Å²) in [4.78, 5) is 10.8. The van der Waals surface area contributed by atoms with Gasteiger partial charge in [0.05, 0.1) is 7.11 Å². The molecule has 0 aliphatic rings. The quantitative estimate of drug-likeness (QED) is 0.612. The summed E-state index contributed by atoms with van der Waals surface area (Å²) < 4.78 is 31.7. The van der Waals surface area contributed by atoms with Gasteiger partial charge >= 0.3 is 5.97 Å². The molecule has 0 unspecified atom stereocenters. The molecule has 0 bridgehead atoms. The Morgan fingerprint density at radius 2 is 2.14 bits per heavy atom. The van der Waals surface area contributed by atoms with E-state index < -0.39 is 16.0 Å². The third-order valence-electron chi connectivity index (χ3n) is 2.46. The molecule has 1 aromatic carbocycles. The molecule has 0 atom stereocenters. The van der Waals surface area contributed by atoms with Gasteiger partial charge in [-0.2, -0.15) is 0 Å². The minimum Gasteiger partial charge on any atom is -0.494 e. The van der Waals surface area contributed by atoms with E-state index in [1.807, 2.05) is 0 Å². The molecule has 0 saturated carbocycles. The fourth-order valence-corrected chi connectivity index (χ4v) is 3.12. The highest BCUT2D eigenvalue weighted by atomic mass is 35.5. The van der Waals surface area contributed by atoms with Crippen LogP contribution in [0.2, 0.25) is 5.02 Å². The summed E-state index contributed by atoms with van der Waals surface area (Å²) in [6, 6.07) is 2.27. The Hall–Kier alpha value is -1.75. The molecule has 0 aliphatic carbocycles. The summed E-state index contributed by atoms with van der Waals surface area (Å²) in [5, 5.41) is 9.07. The maximum Gasteiger partial charge on any atom is 0.339 e. The van der Waals surface area contributed by atoms with Crippen molar-refractivity contribution in [1.82, 2.24) is 4.72 Å². The summed E-state index contributed by atoms with van der Waals surface area (Å²) in [5.41, 5.74) is -0.321. The standard InChI is InChI=1S/C13H14ClNO5S/c1-3-4-5-6-15-21(18,19)11-8-9(14)7-10(13(16)17)12(11)20-2/h7-8,15H,5-6H2,1-2H3,(H,16,17). The monoisotopic (exact) mass is 331 g/mol. The lowest BCUT2D eigenvalue weighted by atomic mass is 10.2. The van der Waals surface area contributed by atoms with E-state index in [9.17, 15) is 13.2 Å². The smallest absolute Gasteiger partial charge is 0.339 e. The van der Waals surface area contributed by atoms with Crippen LogP contribution in [-0.4, -0.2) is 33.1 Å². The first-order valence-corrected chi connectivity index (χ1v) is 7.69. The number of rotatable bonds is 6. The molecular formula is C13H14ClNO5S. The zero-order chi connectivity index (χ0) is 16.0.